The van der Waals surface area contributed by atoms with E-state index in [1.54, 1.807) is 37.7 Å². The van der Waals surface area contributed by atoms with Crippen LogP contribution in [0.2, 0.25) is 0 Å². The van der Waals surface area contributed by atoms with Crippen molar-refractivity contribution in [2.75, 3.05) is 25.5 Å². The lowest BCUT2D eigenvalue weighted by atomic mass is 10.1. The average Bonchev–Trinajstić information content (AvgIpc) is 3.13. The number of carbonyl (C=O) groups is 2. The minimum absolute atomic E-state index is 0.363. The molecule has 10 nitrogen and oxygen atoms in total. The van der Waals surface area contributed by atoms with Crippen LogP contribution in [0.3, 0.4) is 0 Å². The second-order valence-electron chi connectivity index (χ2n) is 9.26. The Bertz CT molecular complexity index is 1200. The molecule has 0 aliphatic heterocycles. The molecule has 0 bridgehead atoms. The molecular weight excluding hydrogens is 448 g/mol. The van der Waals surface area contributed by atoms with Crippen molar-refractivity contribution in [3.63, 3.8) is 0 Å². The molecular formula is C25H32N6O4. The number of fused-ring (bicyclic) bond motifs is 1. The summed E-state index contributed by atoms with van der Waals surface area (Å²) >= 11 is 0. The maximum absolute atomic E-state index is 12.2. The molecule has 2 aromatic heterocycles. The zero-order chi connectivity index (χ0) is 25.6. The van der Waals surface area contributed by atoms with Gasteiger partial charge in [-0.25, -0.2) is 14.6 Å². The number of aromatic nitrogens is 3. The molecule has 0 saturated carbocycles. The fraction of sp³-hybridized carbons (Fsp3) is 0.360. The van der Waals surface area contributed by atoms with E-state index in [0.717, 1.165) is 16.5 Å². The summed E-state index contributed by atoms with van der Waals surface area (Å²) < 4.78 is 7.06. The lowest BCUT2D eigenvalue weighted by Crippen LogP contribution is -2.35. The van der Waals surface area contributed by atoms with Gasteiger partial charge in [0.05, 0.1) is 23.4 Å². The summed E-state index contributed by atoms with van der Waals surface area (Å²) in [6.07, 6.45) is 3.86. The topological polar surface area (TPSA) is 122 Å². The molecule has 1 atom stereocenters. The number of likely N-dealkylation sites (N-methyl/N-ethyl adjacent to an activating group) is 1. The molecule has 1 aromatic carbocycles. The van der Waals surface area contributed by atoms with Crippen LogP contribution in [0.15, 0.2) is 48.7 Å². The van der Waals surface area contributed by atoms with Crippen LogP contribution in [0.25, 0.3) is 17.0 Å². The molecule has 3 aromatic rings. The summed E-state index contributed by atoms with van der Waals surface area (Å²) in [7, 11) is 3.74. The number of amides is 2. The van der Waals surface area contributed by atoms with Crippen molar-refractivity contribution in [3.05, 3.63) is 59.9 Å². The monoisotopic (exact) mass is 480 g/mol. The molecule has 3 rings (SSSR count). The number of anilines is 1. The molecule has 0 radical (unpaired) electrons. The van der Waals surface area contributed by atoms with Gasteiger partial charge in [-0.3, -0.25) is 10.00 Å². The number of aryl methyl sites for hydroxylation is 1. The number of nitrogens with zero attached hydrogens (tertiary/aromatic N) is 4. The Morgan fingerprint density at radius 2 is 1.97 bits per heavy atom. The van der Waals surface area contributed by atoms with Crippen LogP contribution in [0.4, 0.5) is 15.4 Å². The Morgan fingerprint density at radius 3 is 2.63 bits per heavy atom. The van der Waals surface area contributed by atoms with E-state index in [-0.39, 0.29) is 6.04 Å². The van der Waals surface area contributed by atoms with Crippen LogP contribution in [-0.2, 0) is 11.8 Å². The van der Waals surface area contributed by atoms with Crippen molar-refractivity contribution in [2.45, 2.75) is 32.4 Å². The lowest BCUT2D eigenvalue weighted by molar-refractivity contribution is 0.0635. The van der Waals surface area contributed by atoms with Crippen LogP contribution in [0.5, 0.6) is 0 Å². The zero-order valence-corrected chi connectivity index (χ0v) is 20.6. The number of pyridine rings is 1. The minimum atomic E-state index is -1.07. The van der Waals surface area contributed by atoms with E-state index in [1.165, 1.54) is 0 Å². The Balaban J connectivity index is 1.74. The highest BCUT2D eigenvalue weighted by Gasteiger charge is 2.18. The van der Waals surface area contributed by atoms with Gasteiger partial charge in [-0.2, -0.15) is 5.10 Å². The highest BCUT2D eigenvalue weighted by molar-refractivity contribution is 5.91. The second-order valence-corrected chi connectivity index (χ2v) is 9.26. The fourth-order valence-corrected chi connectivity index (χ4v) is 3.62. The third-order valence-electron chi connectivity index (χ3n) is 5.06. The van der Waals surface area contributed by atoms with Crippen molar-refractivity contribution in [3.8, 4) is 0 Å². The maximum Gasteiger partial charge on any atom is 0.413 e. The van der Waals surface area contributed by atoms with Crippen molar-refractivity contribution in [2.24, 2.45) is 7.05 Å². The molecule has 35 heavy (non-hydrogen) atoms. The largest absolute Gasteiger partial charge is 0.465 e. The molecule has 0 aliphatic rings. The highest BCUT2D eigenvalue weighted by Crippen LogP contribution is 2.22. The van der Waals surface area contributed by atoms with E-state index in [2.05, 4.69) is 20.7 Å². The second kappa shape index (κ2) is 11.0. The molecule has 0 fully saturated rings. The van der Waals surface area contributed by atoms with Gasteiger partial charge in [0.2, 0.25) is 0 Å². The quantitative estimate of drug-likeness (QED) is 0.440. The van der Waals surface area contributed by atoms with E-state index in [0.29, 0.717) is 24.6 Å². The normalized spacial score (nSPS) is 12.7. The molecule has 3 N–H and O–H groups in total. The smallest absolute Gasteiger partial charge is 0.413 e. The summed E-state index contributed by atoms with van der Waals surface area (Å²) in [5.74, 6) is 0.363. The van der Waals surface area contributed by atoms with Crippen molar-refractivity contribution >= 4 is 35.0 Å². The predicted octanol–water partition coefficient (Wildman–Crippen LogP) is 4.27. The third-order valence-corrected chi connectivity index (χ3v) is 5.06. The molecule has 0 saturated heterocycles. The first kappa shape index (κ1) is 25.7. The van der Waals surface area contributed by atoms with Crippen LogP contribution in [-0.4, -0.2) is 62.7 Å². The van der Waals surface area contributed by atoms with E-state index in [9.17, 15) is 14.7 Å². The number of carboxylic acid groups (broad SMARTS) is 1. The average molecular weight is 481 g/mol. The zero-order valence-electron chi connectivity index (χ0n) is 20.6. The Hall–Kier alpha value is -3.92. The Kier molecular flexibility index (Phi) is 8.08. The van der Waals surface area contributed by atoms with E-state index >= 15 is 0 Å². The Morgan fingerprint density at radius 1 is 1.26 bits per heavy atom. The molecule has 10 heteroatoms. The first-order chi connectivity index (χ1) is 16.5. The van der Waals surface area contributed by atoms with Crippen LogP contribution in [0, 0.1) is 0 Å². The highest BCUT2D eigenvalue weighted by atomic mass is 16.6. The lowest BCUT2D eigenvalue weighted by Gasteiger charge is -2.23. The Labute approximate surface area is 204 Å². The third kappa shape index (κ3) is 7.54. The number of hydrogen-bond donors (Lipinski definition) is 3. The SMILES string of the molecule is CN(CC=Cc1nc(NC(=O)OC(C)(C)C)cc2cnn(C)c12)CC(NC(=O)O)c1ccccc1. The van der Waals surface area contributed by atoms with E-state index < -0.39 is 17.8 Å². The van der Waals surface area contributed by atoms with Crippen molar-refractivity contribution in [1.82, 2.24) is 25.0 Å². The van der Waals surface area contributed by atoms with Crippen LogP contribution in [0.1, 0.15) is 38.1 Å². The van der Waals surface area contributed by atoms with Crippen LogP contribution < -0.4 is 10.6 Å². The minimum Gasteiger partial charge on any atom is -0.465 e. The summed E-state index contributed by atoms with van der Waals surface area (Å²) in [5.41, 5.74) is 1.74. The number of rotatable bonds is 8. The number of ether oxygens (including phenoxy) is 1. The summed E-state index contributed by atoms with van der Waals surface area (Å²) in [6.45, 7) is 6.42. The van der Waals surface area contributed by atoms with Gasteiger partial charge in [0, 0.05) is 25.5 Å². The molecule has 2 heterocycles. The molecule has 1 unspecified atom stereocenters. The molecule has 0 aliphatic carbocycles. The van der Waals surface area contributed by atoms with Gasteiger partial charge in [-0.15, -0.1) is 0 Å². The number of carbonyl (C=O) groups excluding carboxylic acids is 1. The maximum atomic E-state index is 12.2. The molecule has 0 spiro atoms. The van der Waals surface area contributed by atoms with Crippen molar-refractivity contribution in [1.29, 1.82) is 0 Å². The van der Waals surface area contributed by atoms with Crippen molar-refractivity contribution < 1.29 is 19.4 Å². The fourth-order valence-electron chi connectivity index (χ4n) is 3.62. The van der Waals surface area contributed by atoms with Gasteiger partial charge in [0.15, 0.2) is 0 Å². The first-order valence-electron chi connectivity index (χ1n) is 11.2. The number of benzene rings is 1. The van der Waals surface area contributed by atoms with E-state index in [1.807, 2.05) is 61.5 Å². The number of hydrogen-bond acceptors (Lipinski definition) is 6. The first-order valence-corrected chi connectivity index (χ1v) is 11.2. The van der Waals surface area contributed by atoms with Gasteiger partial charge in [-0.05, 0) is 45.5 Å². The van der Waals surface area contributed by atoms with Gasteiger partial charge >= 0.3 is 12.2 Å². The van der Waals surface area contributed by atoms with Gasteiger partial charge in [0.1, 0.15) is 11.4 Å². The van der Waals surface area contributed by atoms with Crippen LogP contribution >= 0.6 is 0 Å². The molecule has 2 amide bonds. The summed E-state index contributed by atoms with van der Waals surface area (Å²) in [4.78, 5) is 30.1. The van der Waals surface area contributed by atoms with Gasteiger partial charge in [-0.1, -0.05) is 36.4 Å². The molecule has 186 valence electrons. The predicted molar refractivity (Wildman–Crippen MR) is 135 cm³/mol. The summed E-state index contributed by atoms with van der Waals surface area (Å²) in [6, 6.07) is 10.8. The van der Waals surface area contributed by atoms with E-state index in [4.69, 9.17) is 4.74 Å². The van der Waals surface area contributed by atoms with Gasteiger partial charge < -0.3 is 20.1 Å². The summed E-state index contributed by atoms with van der Waals surface area (Å²) in [5, 5.41) is 19.6. The standard InChI is InChI=1S/C25H32N6O4/c1-25(2,3)35-24(34)29-21-14-18-15-26-31(5)22(18)19(27-21)12-9-13-30(4)16-20(28-23(32)33)17-10-7-6-8-11-17/h6-12,14-15,20,28H,13,16H2,1-5H3,(H,32,33)(H,27,29,34). The number of nitrogens with one attached hydrogen (secondary N) is 2. The van der Waals surface area contributed by atoms with Gasteiger partial charge in [0.25, 0.3) is 0 Å².